The molecule has 258 valence electrons. The maximum Gasteiger partial charge on any atom is 0.264 e. The number of carbonyl (C=O) groups is 2. The molecule has 0 aromatic heterocycles. The molecule has 9 nitrogen and oxygen atoms in total. The number of methoxy groups -OCH3 is 2. The molecule has 1 saturated carbocycles. The van der Waals surface area contributed by atoms with E-state index in [2.05, 4.69) is 21.2 Å². The van der Waals surface area contributed by atoms with E-state index in [0.717, 1.165) is 51.2 Å². The highest BCUT2D eigenvalue weighted by Crippen LogP contribution is 2.33. The van der Waals surface area contributed by atoms with Crippen molar-refractivity contribution in [2.45, 2.75) is 62.6 Å². The molecular formula is C38H42BrN3O6S. The van der Waals surface area contributed by atoms with Gasteiger partial charge in [0, 0.05) is 29.5 Å². The maximum atomic E-state index is 14.7. The Bertz CT molecular complexity index is 1850. The van der Waals surface area contributed by atoms with Crippen molar-refractivity contribution in [3.05, 3.63) is 118 Å². The first-order valence-corrected chi connectivity index (χ1v) is 18.5. The molecule has 0 spiro atoms. The Morgan fingerprint density at radius 3 is 2.18 bits per heavy atom. The molecular weight excluding hydrogens is 706 g/mol. The molecule has 1 fully saturated rings. The summed E-state index contributed by atoms with van der Waals surface area (Å²) in [6.45, 7) is 1.45. The minimum atomic E-state index is -4.31. The fraction of sp³-hybridized carbons (Fsp3) is 0.316. The minimum Gasteiger partial charge on any atom is -0.493 e. The molecule has 49 heavy (non-hydrogen) atoms. The molecule has 1 aliphatic carbocycles. The smallest absolute Gasteiger partial charge is 0.264 e. The number of amides is 2. The summed E-state index contributed by atoms with van der Waals surface area (Å²) >= 11 is 3.53. The van der Waals surface area contributed by atoms with E-state index in [0.29, 0.717) is 11.4 Å². The van der Waals surface area contributed by atoms with Gasteiger partial charge < -0.3 is 19.7 Å². The van der Waals surface area contributed by atoms with E-state index in [1.165, 1.54) is 37.3 Å². The molecule has 5 rings (SSSR count). The summed E-state index contributed by atoms with van der Waals surface area (Å²) in [5, 5.41) is 3.20. The largest absolute Gasteiger partial charge is 0.493 e. The summed E-state index contributed by atoms with van der Waals surface area (Å²) in [5.41, 5.74) is 2.92. The summed E-state index contributed by atoms with van der Waals surface area (Å²) in [7, 11) is -1.41. The number of carbonyl (C=O) groups excluding carboxylic acids is 2. The molecule has 0 radical (unpaired) electrons. The highest BCUT2D eigenvalue weighted by atomic mass is 79.9. The van der Waals surface area contributed by atoms with Gasteiger partial charge in [0.25, 0.3) is 10.0 Å². The van der Waals surface area contributed by atoms with E-state index in [1.54, 1.807) is 24.3 Å². The fourth-order valence-corrected chi connectivity index (χ4v) is 7.97. The predicted molar refractivity (Wildman–Crippen MR) is 194 cm³/mol. The molecule has 1 atom stereocenters. The number of sulfonamides is 1. The molecule has 0 aliphatic heterocycles. The predicted octanol–water partition coefficient (Wildman–Crippen LogP) is 6.67. The van der Waals surface area contributed by atoms with Crippen molar-refractivity contribution in [2.24, 2.45) is 0 Å². The Morgan fingerprint density at radius 1 is 0.857 bits per heavy atom. The normalized spacial score (nSPS) is 13.8. The van der Waals surface area contributed by atoms with Gasteiger partial charge in [-0.05, 0) is 67.3 Å². The second kappa shape index (κ2) is 16.4. The second-order valence-corrected chi connectivity index (χ2v) is 15.0. The van der Waals surface area contributed by atoms with Crippen LogP contribution in [0.5, 0.6) is 11.5 Å². The minimum absolute atomic E-state index is 0.0306. The molecule has 4 aromatic carbocycles. The van der Waals surface area contributed by atoms with Crippen molar-refractivity contribution >= 4 is 43.5 Å². The van der Waals surface area contributed by atoms with Crippen molar-refractivity contribution < 1.29 is 27.5 Å². The second-order valence-electron chi connectivity index (χ2n) is 12.2. The Labute approximate surface area is 297 Å². The van der Waals surface area contributed by atoms with Crippen molar-refractivity contribution in [2.75, 3.05) is 25.1 Å². The van der Waals surface area contributed by atoms with Crippen LogP contribution in [0.4, 0.5) is 5.69 Å². The lowest BCUT2D eigenvalue weighted by Gasteiger charge is -2.34. The Balaban J connectivity index is 1.58. The van der Waals surface area contributed by atoms with Gasteiger partial charge in [-0.3, -0.25) is 13.9 Å². The number of hydrogen-bond acceptors (Lipinski definition) is 6. The van der Waals surface area contributed by atoms with Crippen molar-refractivity contribution in [1.82, 2.24) is 10.2 Å². The molecule has 1 unspecified atom stereocenters. The monoisotopic (exact) mass is 747 g/mol. The van der Waals surface area contributed by atoms with Crippen LogP contribution < -0.4 is 19.1 Å². The van der Waals surface area contributed by atoms with Crippen LogP contribution in [0.3, 0.4) is 0 Å². The van der Waals surface area contributed by atoms with Gasteiger partial charge in [0.2, 0.25) is 11.8 Å². The molecule has 0 heterocycles. The van der Waals surface area contributed by atoms with Crippen molar-refractivity contribution in [3.63, 3.8) is 0 Å². The first kappa shape index (κ1) is 35.9. The highest BCUT2D eigenvalue weighted by Gasteiger charge is 2.36. The van der Waals surface area contributed by atoms with Crippen LogP contribution in [0, 0.1) is 6.92 Å². The molecule has 0 saturated heterocycles. The van der Waals surface area contributed by atoms with Crippen LogP contribution in [0.2, 0.25) is 0 Å². The van der Waals surface area contributed by atoms with Gasteiger partial charge in [-0.15, -0.1) is 0 Å². The topological polar surface area (TPSA) is 105 Å². The van der Waals surface area contributed by atoms with Crippen LogP contribution >= 0.6 is 15.9 Å². The van der Waals surface area contributed by atoms with E-state index < -0.39 is 28.5 Å². The average molecular weight is 749 g/mol. The average Bonchev–Trinajstić information content (AvgIpc) is 3.62. The number of rotatable bonds is 14. The van der Waals surface area contributed by atoms with Crippen LogP contribution in [0.15, 0.2) is 106 Å². The maximum absolute atomic E-state index is 14.7. The summed E-state index contributed by atoms with van der Waals surface area (Å²) in [6.07, 6.45) is 4.09. The van der Waals surface area contributed by atoms with Crippen LogP contribution in [-0.4, -0.2) is 58.0 Å². The number of halogens is 1. The Hall–Kier alpha value is -4.35. The third kappa shape index (κ3) is 9.01. The number of aryl methyl sites for hydroxylation is 1. The number of anilines is 1. The highest BCUT2D eigenvalue weighted by molar-refractivity contribution is 9.10. The van der Waals surface area contributed by atoms with E-state index in [-0.39, 0.29) is 35.6 Å². The summed E-state index contributed by atoms with van der Waals surface area (Å²) in [4.78, 5) is 30.4. The number of benzene rings is 4. The lowest BCUT2D eigenvalue weighted by Crippen LogP contribution is -2.54. The third-order valence-corrected chi connectivity index (χ3v) is 11.0. The summed E-state index contributed by atoms with van der Waals surface area (Å²) in [6, 6.07) is 27.5. The lowest BCUT2D eigenvalue weighted by atomic mass is 10.0. The number of ether oxygens (including phenoxy) is 2. The first-order valence-electron chi connectivity index (χ1n) is 16.3. The van der Waals surface area contributed by atoms with E-state index in [1.807, 2.05) is 61.5 Å². The summed E-state index contributed by atoms with van der Waals surface area (Å²) in [5.74, 6) is -0.172. The van der Waals surface area contributed by atoms with Gasteiger partial charge in [-0.1, -0.05) is 88.9 Å². The van der Waals surface area contributed by atoms with Crippen LogP contribution in [0.25, 0.3) is 0 Å². The number of nitrogens with one attached hydrogen (secondary N) is 1. The van der Waals surface area contributed by atoms with Gasteiger partial charge >= 0.3 is 0 Å². The van der Waals surface area contributed by atoms with Crippen molar-refractivity contribution in [3.8, 4) is 11.5 Å². The summed E-state index contributed by atoms with van der Waals surface area (Å²) < 4.78 is 41.5. The van der Waals surface area contributed by atoms with Crippen molar-refractivity contribution in [1.29, 1.82) is 0 Å². The van der Waals surface area contributed by atoms with Gasteiger partial charge in [0.05, 0.1) is 24.8 Å². The van der Waals surface area contributed by atoms with E-state index >= 15 is 0 Å². The van der Waals surface area contributed by atoms with Gasteiger partial charge in [-0.25, -0.2) is 8.42 Å². The molecule has 2 amide bonds. The zero-order chi connectivity index (χ0) is 35.0. The molecule has 11 heteroatoms. The van der Waals surface area contributed by atoms with Gasteiger partial charge in [0.15, 0.2) is 11.5 Å². The van der Waals surface area contributed by atoms with Gasteiger partial charge in [-0.2, -0.15) is 0 Å². The molecule has 4 aromatic rings. The SMILES string of the molecule is COc1ccc(S(=O)(=O)N(CC(=O)N(Cc2cccc(Br)c2)C(Cc2ccccc2)C(=O)NC2CCCC2)c2ccc(C)cc2)cc1OC. The lowest BCUT2D eigenvalue weighted by molar-refractivity contribution is -0.140. The number of hydrogen-bond donors (Lipinski definition) is 1. The molecule has 1 N–H and O–H groups in total. The van der Waals surface area contributed by atoms with Gasteiger partial charge in [0.1, 0.15) is 12.6 Å². The fourth-order valence-electron chi connectivity index (χ4n) is 6.10. The molecule has 0 bridgehead atoms. The zero-order valence-electron chi connectivity index (χ0n) is 28.0. The standard InChI is InChI=1S/C38H42BrN3O6S/c1-27-16-18-32(19-17-27)42(49(45,46)33-20-21-35(47-2)36(24-33)48-3)26-37(43)41(25-29-12-9-13-30(39)22-29)34(23-28-10-5-4-6-11-28)38(44)40-31-14-7-8-15-31/h4-6,9-13,16-22,24,31,34H,7-8,14-15,23,25-26H2,1-3H3,(H,40,44). The van der Waals surface area contributed by atoms with E-state index in [9.17, 15) is 18.0 Å². The zero-order valence-corrected chi connectivity index (χ0v) is 30.4. The van der Waals surface area contributed by atoms with Crippen LogP contribution in [0.1, 0.15) is 42.4 Å². The quantitative estimate of drug-likeness (QED) is 0.155. The Kier molecular flexibility index (Phi) is 12.0. The number of nitrogens with zero attached hydrogens (tertiary/aromatic N) is 2. The molecule has 1 aliphatic rings. The Morgan fingerprint density at radius 2 is 1.53 bits per heavy atom. The third-order valence-electron chi connectivity index (χ3n) is 8.76. The van der Waals surface area contributed by atoms with Crippen LogP contribution in [-0.2, 0) is 32.6 Å². The van der Waals surface area contributed by atoms with E-state index in [4.69, 9.17) is 9.47 Å². The first-order chi connectivity index (χ1) is 23.6.